The Labute approximate surface area is 156 Å². The highest BCUT2D eigenvalue weighted by Crippen LogP contribution is 2.25. The molecule has 0 atom stereocenters. The average molecular weight is 354 g/mol. The molecule has 3 nitrogen and oxygen atoms in total. The van der Waals surface area contributed by atoms with E-state index in [0.717, 1.165) is 31.3 Å². The molecule has 132 valence electrons. The van der Waals surface area contributed by atoms with Gasteiger partial charge < -0.3 is 15.1 Å². The van der Waals surface area contributed by atoms with E-state index in [4.69, 9.17) is 12.2 Å². The molecule has 1 aliphatic heterocycles. The molecule has 25 heavy (non-hydrogen) atoms. The lowest BCUT2D eigenvalue weighted by Crippen LogP contribution is -2.37. The van der Waals surface area contributed by atoms with E-state index in [2.05, 4.69) is 70.7 Å². The van der Waals surface area contributed by atoms with Crippen LogP contribution < -0.4 is 10.2 Å². The zero-order valence-electron chi connectivity index (χ0n) is 14.9. The topological polar surface area (TPSA) is 18.5 Å². The Morgan fingerprint density at radius 3 is 2.44 bits per heavy atom. The standard InChI is InChI=1S/C21H27N3S/c1-23(21(25)22-16-18-10-4-2-5-11-18)17-19-12-6-7-13-20(19)24-14-8-3-9-15-24/h2,4-7,10-13H,3,8-9,14-17H2,1H3,(H,22,25). The van der Waals surface area contributed by atoms with E-state index in [9.17, 15) is 0 Å². The molecule has 0 aromatic heterocycles. The monoisotopic (exact) mass is 353 g/mol. The number of hydrogen-bond donors (Lipinski definition) is 1. The van der Waals surface area contributed by atoms with Crippen molar-refractivity contribution < 1.29 is 0 Å². The lowest BCUT2D eigenvalue weighted by atomic mass is 10.1. The van der Waals surface area contributed by atoms with Gasteiger partial charge in [-0.3, -0.25) is 0 Å². The third kappa shape index (κ3) is 4.95. The Bertz CT molecular complexity index is 681. The van der Waals surface area contributed by atoms with Crippen molar-refractivity contribution in [2.24, 2.45) is 0 Å². The first-order chi connectivity index (χ1) is 12.2. The zero-order valence-corrected chi connectivity index (χ0v) is 15.8. The molecule has 0 bridgehead atoms. The minimum atomic E-state index is 0.762. The summed E-state index contributed by atoms with van der Waals surface area (Å²) in [5.41, 5.74) is 3.95. The van der Waals surface area contributed by atoms with Crippen molar-refractivity contribution in [3.63, 3.8) is 0 Å². The molecule has 0 unspecified atom stereocenters. The Kier molecular flexibility index (Phi) is 6.29. The first-order valence-corrected chi connectivity index (χ1v) is 9.50. The fourth-order valence-electron chi connectivity index (χ4n) is 3.32. The van der Waals surface area contributed by atoms with Crippen LogP contribution in [0.3, 0.4) is 0 Å². The third-order valence-electron chi connectivity index (χ3n) is 4.73. The quantitative estimate of drug-likeness (QED) is 0.812. The van der Waals surface area contributed by atoms with Crippen LogP contribution in [0.5, 0.6) is 0 Å². The number of hydrogen-bond acceptors (Lipinski definition) is 2. The SMILES string of the molecule is CN(Cc1ccccc1N1CCCCC1)C(=S)NCc1ccccc1. The summed E-state index contributed by atoms with van der Waals surface area (Å²) < 4.78 is 0. The molecule has 0 aliphatic carbocycles. The van der Waals surface area contributed by atoms with Gasteiger partial charge in [0.2, 0.25) is 0 Å². The Morgan fingerprint density at radius 1 is 1.00 bits per heavy atom. The van der Waals surface area contributed by atoms with Gasteiger partial charge in [0.05, 0.1) is 0 Å². The van der Waals surface area contributed by atoms with Gasteiger partial charge in [0, 0.05) is 38.9 Å². The van der Waals surface area contributed by atoms with Crippen LogP contribution in [0.1, 0.15) is 30.4 Å². The molecule has 1 aliphatic rings. The number of para-hydroxylation sites is 1. The van der Waals surface area contributed by atoms with Crippen LogP contribution in [0.2, 0.25) is 0 Å². The van der Waals surface area contributed by atoms with Crippen molar-refractivity contribution in [3.8, 4) is 0 Å². The van der Waals surface area contributed by atoms with E-state index < -0.39 is 0 Å². The van der Waals surface area contributed by atoms with Gasteiger partial charge in [0.25, 0.3) is 0 Å². The molecule has 2 aromatic carbocycles. The first-order valence-electron chi connectivity index (χ1n) is 9.10. The predicted octanol–water partition coefficient (Wildman–Crippen LogP) is 4.18. The number of thiocarbonyl (C=S) groups is 1. The molecule has 1 heterocycles. The van der Waals surface area contributed by atoms with Crippen molar-refractivity contribution in [2.75, 3.05) is 25.0 Å². The van der Waals surface area contributed by atoms with E-state index in [1.54, 1.807) is 0 Å². The molecule has 0 spiro atoms. The summed E-state index contributed by atoms with van der Waals surface area (Å²) in [6, 6.07) is 19.1. The van der Waals surface area contributed by atoms with Crippen LogP contribution in [0, 0.1) is 0 Å². The fraction of sp³-hybridized carbons (Fsp3) is 0.381. The second-order valence-corrected chi connectivity index (χ2v) is 7.06. The number of nitrogens with one attached hydrogen (secondary N) is 1. The van der Waals surface area contributed by atoms with Gasteiger partial charge in [0.1, 0.15) is 0 Å². The van der Waals surface area contributed by atoms with Crippen LogP contribution in [-0.2, 0) is 13.1 Å². The minimum Gasteiger partial charge on any atom is -0.371 e. The Hall–Kier alpha value is -2.07. The molecule has 1 N–H and O–H groups in total. The van der Waals surface area contributed by atoms with Crippen LogP contribution in [0.15, 0.2) is 54.6 Å². The highest BCUT2D eigenvalue weighted by atomic mass is 32.1. The van der Waals surface area contributed by atoms with E-state index in [1.165, 1.54) is 36.1 Å². The largest absolute Gasteiger partial charge is 0.371 e. The first kappa shape index (κ1) is 17.7. The molecule has 3 rings (SSSR count). The number of rotatable bonds is 5. The maximum atomic E-state index is 5.58. The maximum absolute atomic E-state index is 5.58. The molecule has 0 saturated carbocycles. The number of anilines is 1. The normalized spacial score (nSPS) is 14.2. The fourth-order valence-corrected chi connectivity index (χ4v) is 3.46. The molecule has 4 heteroatoms. The van der Waals surface area contributed by atoms with Gasteiger partial charge in [-0.1, -0.05) is 48.5 Å². The van der Waals surface area contributed by atoms with E-state index >= 15 is 0 Å². The summed E-state index contributed by atoms with van der Waals surface area (Å²) in [7, 11) is 2.06. The van der Waals surface area contributed by atoms with E-state index in [1.807, 2.05) is 6.07 Å². The van der Waals surface area contributed by atoms with Gasteiger partial charge in [-0.25, -0.2) is 0 Å². The molecule has 1 fully saturated rings. The molecule has 1 saturated heterocycles. The van der Waals surface area contributed by atoms with Crippen LogP contribution in [-0.4, -0.2) is 30.1 Å². The summed E-state index contributed by atoms with van der Waals surface area (Å²) >= 11 is 5.58. The van der Waals surface area contributed by atoms with Crippen molar-refractivity contribution >= 4 is 23.0 Å². The lowest BCUT2D eigenvalue weighted by Gasteiger charge is -2.32. The van der Waals surface area contributed by atoms with Crippen molar-refractivity contribution in [1.29, 1.82) is 0 Å². The maximum Gasteiger partial charge on any atom is 0.169 e. The molecule has 2 aromatic rings. The summed E-state index contributed by atoms with van der Waals surface area (Å²) in [6.07, 6.45) is 3.94. The van der Waals surface area contributed by atoms with Crippen molar-refractivity contribution in [3.05, 3.63) is 65.7 Å². The predicted molar refractivity (Wildman–Crippen MR) is 110 cm³/mol. The summed E-state index contributed by atoms with van der Waals surface area (Å²) in [5.74, 6) is 0. The van der Waals surface area contributed by atoms with Gasteiger partial charge in [0.15, 0.2) is 5.11 Å². The number of benzene rings is 2. The summed E-state index contributed by atoms with van der Waals surface area (Å²) in [6.45, 7) is 3.92. The van der Waals surface area contributed by atoms with Gasteiger partial charge in [-0.05, 0) is 48.7 Å². The molecular weight excluding hydrogens is 326 g/mol. The summed E-state index contributed by atoms with van der Waals surface area (Å²) in [4.78, 5) is 4.65. The van der Waals surface area contributed by atoms with Crippen LogP contribution >= 0.6 is 12.2 Å². The van der Waals surface area contributed by atoms with Crippen LogP contribution in [0.4, 0.5) is 5.69 Å². The summed E-state index contributed by atoms with van der Waals surface area (Å²) in [5, 5.41) is 4.15. The number of piperidine rings is 1. The third-order valence-corrected chi connectivity index (χ3v) is 5.19. The average Bonchev–Trinajstić information content (AvgIpc) is 2.68. The van der Waals surface area contributed by atoms with Gasteiger partial charge in [-0.2, -0.15) is 0 Å². The van der Waals surface area contributed by atoms with Crippen molar-refractivity contribution in [2.45, 2.75) is 32.4 Å². The highest BCUT2D eigenvalue weighted by Gasteiger charge is 2.15. The molecular formula is C21H27N3S. The highest BCUT2D eigenvalue weighted by molar-refractivity contribution is 7.80. The Morgan fingerprint density at radius 2 is 1.68 bits per heavy atom. The van der Waals surface area contributed by atoms with Crippen molar-refractivity contribution in [1.82, 2.24) is 10.2 Å². The second-order valence-electron chi connectivity index (χ2n) is 6.68. The smallest absolute Gasteiger partial charge is 0.169 e. The minimum absolute atomic E-state index is 0.762. The number of nitrogens with zero attached hydrogens (tertiary/aromatic N) is 2. The van der Waals surface area contributed by atoms with E-state index in [0.29, 0.717) is 0 Å². The van der Waals surface area contributed by atoms with Gasteiger partial charge >= 0.3 is 0 Å². The molecule has 0 amide bonds. The Balaban J connectivity index is 1.60. The van der Waals surface area contributed by atoms with Crippen LogP contribution in [0.25, 0.3) is 0 Å². The lowest BCUT2D eigenvalue weighted by molar-refractivity contribution is 0.486. The van der Waals surface area contributed by atoms with Gasteiger partial charge in [-0.15, -0.1) is 0 Å². The zero-order chi connectivity index (χ0) is 17.5. The second kappa shape index (κ2) is 8.86. The van der Waals surface area contributed by atoms with E-state index in [-0.39, 0.29) is 0 Å². The molecule has 0 radical (unpaired) electrons.